The lowest BCUT2D eigenvalue weighted by Gasteiger charge is -2.01. The molecule has 1 aromatic carbocycles. The van der Waals surface area contributed by atoms with Gasteiger partial charge in [-0.15, -0.1) is 0 Å². The minimum atomic E-state index is 0.859. The van der Waals surface area contributed by atoms with E-state index in [0.29, 0.717) is 0 Å². The molecule has 0 aliphatic rings. The van der Waals surface area contributed by atoms with Crippen LogP contribution in [0.4, 0.5) is 5.69 Å². The van der Waals surface area contributed by atoms with E-state index >= 15 is 0 Å². The van der Waals surface area contributed by atoms with Crippen LogP contribution in [-0.4, -0.2) is 0 Å². The van der Waals surface area contributed by atoms with Crippen molar-refractivity contribution in [3.05, 3.63) is 27.3 Å². The number of halogens is 2. The van der Waals surface area contributed by atoms with Gasteiger partial charge in [-0.1, -0.05) is 28.1 Å². The highest BCUT2D eigenvalue weighted by atomic mass is 127. The monoisotopic (exact) mass is 311 g/mol. The summed E-state index contributed by atoms with van der Waals surface area (Å²) in [6, 6.07) is 5.94. The molecule has 54 valence electrons. The maximum atomic E-state index is 5.67. The van der Waals surface area contributed by atoms with Crippen molar-refractivity contribution in [2.24, 2.45) is 0 Å². The maximum Gasteiger partial charge on any atom is 0.0452 e. The Labute approximate surface area is 82.3 Å². The first-order valence-electron chi connectivity index (χ1n) is 2.84. The molecule has 3 heteroatoms. The van der Waals surface area contributed by atoms with Gasteiger partial charge in [0.1, 0.15) is 0 Å². The summed E-state index contributed by atoms with van der Waals surface area (Å²) < 4.78 is 1.15. The summed E-state index contributed by atoms with van der Waals surface area (Å²) >= 11 is 5.63. The van der Waals surface area contributed by atoms with Crippen molar-refractivity contribution in [1.29, 1.82) is 0 Å². The molecule has 1 nitrogen and oxygen atoms in total. The minimum Gasteiger partial charge on any atom is -0.398 e. The summed E-state index contributed by atoms with van der Waals surface area (Å²) in [7, 11) is 0. The van der Waals surface area contributed by atoms with E-state index in [1.165, 1.54) is 5.56 Å². The Morgan fingerprint density at radius 2 is 2.20 bits per heavy atom. The van der Waals surface area contributed by atoms with Gasteiger partial charge in [0.25, 0.3) is 0 Å². The number of hydrogen-bond donors (Lipinski definition) is 1. The average Bonchev–Trinajstić information content (AvgIpc) is 1.95. The van der Waals surface area contributed by atoms with Crippen molar-refractivity contribution < 1.29 is 0 Å². The highest BCUT2D eigenvalue weighted by molar-refractivity contribution is 14.1. The van der Waals surface area contributed by atoms with Crippen LogP contribution < -0.4 is 5.73 Å². The normalized spacial score (nSPS) is 9.80. The summed E-state index contributed by atoms with van der Waals surface area (Å²) in [5.41, 5.74) is 7.78. The molecule has 0 fully saturated rings. The number of hydrogen-bond acceptors (Lipinski definition) is 1. The zero-order valence-electron chi connectivity index (χ0n) is 5.27. The van der Waals surface area contributed by atoms with E-state index in [1.807, 2.05) is 12.1 Å². The molecule has 1 aromatic rings. The molecule has 0 radical (unpaired) electrons. The molecular formula is C7H7BrIN. The maximum absolute atomic E-state index is 5.67. The lowest BCUT2D eigenvalue weighted by atomic mass is 10.2. The van der Waals surface area contributed by atoms with Crippen LogP contribution in [0.2, 0.25) is 0 Å². The molecule has 0 spiro atoms. The third-order valence-corrected chi connectivity index (χ3v) is 3.17. The largest absolute Gasteiger partial charge is 0.398 e. The Balaban J connectivity index is 3.14. The van der Waals surface area contributed by atoms with Gasteiger partial charge >= 0.3 is 0 Å². The third-order valence-electron chi connectivity index (χ3n) is 1.25. The molecule has 0 aromatic heterocycles. The molecule has 0 saturated heterocycles. The number of nitrogen functional groups attached to an aromatic ring is 1. The smallest absolute Gasteiger partial charge is 0.0452 e. The van der Waals surface area contributed by atoms with E-state index in [9.17, 15) is 0 Å². The molecule has 0 amide bonds. The Hall–Kier alpha value is 0.230. The second-order valence-electron chi connectivity index (χ2n) is 1.95. The van der Waals surface area contributed by atoms with Crippen LogP contribution in [0.15, 0.2) is 18.2 Å². The molecule has 1 rings (SSSR count). The van der Waals surface area contributed by atoms with Crippen LogP contribution in [0.1, 0.15) is 5.56 Å². The molecule has 0 bridgehead atoms. The van der Waals surface area contributed by atoms with Gasteiger partial charge < -0.3 is 5.73 Å². The van der Waals surface area contributed by atoms with E-state index in [-0.39, 0.29) is 0 Å². The second-order valence-corrected chi connectivity index (χ2v) is 3.59. The summed E-state index contributed by atoms with van der Waals surface area (Å²) in [6.07, 6.45) is 0. The van der Waals surface area contributed by atoms with Crippen LogP contribution >= 0.6 is 38.5 Å². The first kappa shape index (κ1) is 8.33. The first-order chi connectivity index (χ1) is 4.75. The van der Waals surface area contributed by atoms with E-state index < -0.39 is 0 Å². The Kier molecular flexibility index (Phi) is 2.97. The number of benzene rings is 1. The predicted molar refractivity (Wildman–Crippen MR) is 56.2 cm³/mol. The molecule has 2 N–H and O–H groups in total. The van der Waals surface area contributed by atoms with Gasteiger partial charge in [-0.2, -0.15) is 0 Å². The lowest BCUT2D eigenvalue weighted by molar-refractivity contribution is 1.40. The number of rotatable bonds is 1. The van der Waals surface area contributed by atoms with Crippen LogP contribution in [0.3, 0.4) is 0 Å². The van der Waals surface area contributed by atoms with E-state index in [0.717, 1.165) is 14.6 Å². The second kappa shape index (κ2) is 3.57. The fourth-order valence-electron chi connectivity index (χ4n) is 0.703. The zero-order chi connectivity index (χ0) is 7.56. The number of anilines is 1. The summed E-state index contributed by atoms with van der Waals surface area (Å²) in [5, 5.41) is 0.871. The van der Waals surface area contributed by atoms with Crippen molar-refractivity contribution in [1.82, 2.24) is 0 Å². The highest BCUT2D eigenvalue weighted by Crippen LogP contribution is 2.20. The van der Waals surface area contributed by atoms with E-state index in [2.05, 4.69) is 44.6 Å². The average molecular weight is 312 g/mol. The van der Waals surface area contributed by atoms with E-state index in [1.54, 1.807) is 0 Å². The van der Waals surface area contributed by atoms with Crippen molar-refractivity contribution in [2.75, 3.05) is 5.73 Å². The standard InChI is InChI=1S/C7H7BrIN/c8-4-5-2-1-3-6(10)7(5)9/h1-3H,4,10H2. The first-order valence-corrected chi connectivity index (χ1v) is 5.04. The Morgan fingerprint density at radius 3 is 2.70 bits per heavy atom. The topological polar surface area (TPSA) is 26.0 Å². The molecular weight excluding hydrogens is 305 g/mol. The van der Waals surface area contributed by atoms with Crippen LogP contribution in [-0.2, 0) is 5.33 Å². The van der Waals surface area contributed by atoms with Crippen molar-refractivity contribution in [3.8, 4) is 0 Å². The van der Waals surface area contributed by atoms with Crippen LogP contribution in [0.5, 0.6) is 0 Å². The molecule has 0 heterocycles. The van der Waals surface area contributed by atoms with Crippen LogP contribution in [0.25, 0.3) is 0 Å². The molecule has 0 aliphatic carbocycles. The van der Waals surface area contributed by atoms with Gasteiger partial charge in [0.2, 0.25) is 0 Å². The number of nitrogens with two attached hydrogens (primary N) is 1. The number of alkyl halides is 1. The van der Waals surface area contributed by atoms with Crippen molar-refractivity contribution in [3.63, 3.8) is 0 Å². The summed E-state index contributed by atoms with van der Waals surface area (Å²) in [5.74, 6) is 0. The third kappa shape index (κ3) is 1.63. The molecule has 0 aliphatic heterocycles. The predicted octanol–water partition coefficient (Wildman–Crippen LogP) is 2.77. The van der Waals surface area contributed by atoms with Gasteiger partial charge in [0, 0.05) is 14.6 Å². The van der Waals surface area contributed by atoms with Gasteiger partial charge in [-0.3, -0.25) is 0 Å². The Bertz CT molecular complexity index is 237. The molecule has 0 saturated carbocycles. The fraction of sp³-hybridized carbons (Fsp3) is 0.143. The Morgan fingerprint density at radius 1 is 1.50 bits per heavy atom. The van der Waals surface area contributed by atoms with Crippen molar-refractivity contribution in [2.45, 2.75) is 5.33 Å². The molecule has 0 atom stereocenters. The van der Waals surface area contributed by atoms with E-state index in [4.69, 9.17) is 5.73 Å². The molecule has 0 unspecified atom stereocenters. The summed E-state index contributed by atoms with van der Waals surface area (Å²) in [4.78, 5) is 0. The zero-order valence-corrected chi connectivity index (χ0v) is 9.02. The van der Waals surface area contributed by atoms with Gasteiger partial charge in [-0.05, 0) is 34.2 Å². The minimum absolute atomic E-state index is 0.859. The van der Waals surface area contributed by atoms with Gasteiger partial charge in [0.15, 0.2) is 0 Å². The fourth-order valence-corrected chi connectivity index (χ4v) is 2.24. The lowest BCUT2D eigenvalue weighted by Crippen LogP contribution is -1.92. The SMILES string of the molecule is Nc1cccc(CBr)c1I. The highest BCUT2D eigenvalue weighted by Gasteiger charge is 1.98. The van der Waals surface area contributed by atoms with Crippen LogP contribution in [0, 0.1) is 3.57 Å². The van der Waals surface area contributed by atoms with Gasteiger partial charge in [0.05, 0.1) is 0 Å². The van der Waals surface area contributed by atoms with Gasteiger partial charge in [-0.25, -0.2) is 0 Å². The molecule has 10 heavy (non-hydrogen) atoms. The van der Waals surface area contributed by atoms with Crippen molar-refractivity contribution >= 4 is 44.2 Å². The quantitative estimate of drug-likeness (QED) is 0.482. The summed E-state index contributed by atoms with van der Waals surface area (Å²) in [6.45, 7) is 0.